The lowest BCUT2D eigenvalue weighted by Crippen LogP contribution is -2.39. The molecule has 0 aliphatic carbocycles. The van der Waals surface area contributed by atoms with E-state index in [-0.39, 0.29) is 11.5 Å². The van der Waals surface area contributed by atoms with Crippen molar-refractivity contribution in [3.63, 3.8) is 0 Å². The quantitative estimate of drug-likeness (QED) is 0.708. The van der Waals surface area contributed by atoms with Gasteiger partial charge in [-0.3, -0.25) is 0 Å². The number of anilines is 1. The first-order chi connectivity index (χ1) is 7.41. The molecule has 88 valence electrons. The standard InChI is InChI=1S/C11H15NO3S/c12-10-4-2-9(3-5-10)11(13)6-1-7-16(14,15)8-11/h2-5,13H,1,6-8,12H2. The molecule has 0 spiro atoms. The van der Waals surface area contributed by atoms with Gasteiger partial charge in [0.05, 0.1) is 11.5 Å². The number of benzene rings is 1. The van der Waals surface area contributed by atoms with E-state index in [4.69, 9.17) is 5.73 Å². The molecule has 1 fully saturated rings. The Morgan fingerprint density at radius 2 is 1.88 bits per heavy atom. The van der Waals surface area contributed by atoms with E-state index in [0.717, 1.165) is 0 Å². The summed E-state index contributed by atoms with van der Waals surface area (Å²) >= 11 is 0. The first-order valence-corrected chi connectivity index (χ1v) is 7.02. The van der Waals surface area contributed by atoms with Crippen LogP contribution in [0.25, 0.3) is 0 Å². The van der Waals surface area contributed by atoms with Crippen LogP contribution in [0.3, 0.4) is 0 Å². The summed E-state index contributed by atoms with van der Waals surface area (Å²) < 4.78 is 23.0. The molecule has 1 heterocycles. The number of nitrogen functional groups attached to an aromatic ring is 1. The van der Waals surface area contributed by atoms with Crippen molar-refractivity contribution in [3.05, 3.63) is 29.8 Å². The van der Waals surface area contributed by atoms with E-state index < -0.39 is 15.4 Å². The van der Waals surface area contributed by atoms with Gasteiger partial charge in [-0.05, 0) is 30.5 Å². The highest BCUT2D eigenvalue weighted by molar-refractivity contribution is 7.91. The van der Waals surface area contributed by atoms with Crippen molar-refractivity contribution >= 4 is 15.5 Å². The van der Waals surface area contributed by atoms with Gasteiger partial charge in [-0.2, -0.15) is 0 Å². The fourth-order valence-corrected chi connectivity index (χ4v) is 3.88. The highest BCUT2D eigenvalue weighted by Gasteiger charge is 2.38. The third-order valence-corrected chi connectivity index (χ3v) is 4.78. The van der Waals surface area contributed by atoms with Gasteiger partial charge in [-0.1, -0.05) is 12.1 Å². The molecule has 5 heteroatoms. The fourth-order valence-electron chi connectivity index (χ4n) is 2.11. The third kappa shape index (κ3) is 2.20. The zero-order valence-electron chi connectivity index (χ0n) is 8.89. The van der Waals surface area contributed by atoms with E-state index in [2.05, 4.69) is 0 Å². The van der Waals surface area contributed by atoms with Gasteiger partial charge >= 0.3 is 0 Å². The van der Waals surface area contributed by atoms with E-state index in [0.29, 0.717) is 24.1 Å². The lowest BCUT2D eigenvalue weighted by Gasteiger charge is -2.32. The number of sulfone groups is 1. The summed E-state index contributed by atoms with van der Waals surface area (Å²) in [4.78, 5) is 0. The monoisotopic (exact) mass is 241 g/mol. The first kappa shape index (κ1) is 11.4. The predicted octanol–water partition coefficient (Wildman–Crippen LogP) is 0.665. The zero-order valence-corrected chi connectivity index (χ0v) is 9.70. The molecule has 0 aromatic heterocycles. The van der Waals surface area contributed by atoms with Gasteiger partial charge in [0, 0.05) is 5.69 Å². The highest BCUT2D eigenvalue weighted by atomic mass is 32.2. The summed E-state index contributed by atoms with van der Waals surface area (Å²) in [5.41, 5.74) is 5.54. The minimum absolute atomic E-state index is 0.171. The second-order valence-corrected chi connectivity index (χ2v) is 6.53. The lowest BCUT2D eigenvalue weighted by atomic mass is 9.91. The molecule has 1 atom stereocenters. The molecule has 0 saturated carbocycles. The van der Waals surface area contributed by atoms with Crippen LogP contribution in [-0.4, -0.2) is 25.0 Å². The van der Waals surface area contributed by atoms with Crippen molar-refractivity contribution in [2.24, 2.45) is 0 Å². The summed E-state index contributed by atoms with van der Waals surface area (Å²) in [7, 11) is -3.13. The maximum Gasteiger partial charge on any atom is 0.153 e. The Kier molecular flexibility index (Phi) is 2.67. The zero-order chi connectivity index (χ0) is 11.8. The van der Waals surface area contributed by atoms with Crippen molar-refractivity contribution in [3.8, 4) is 0 Å². The molecule has 0 amide bonds. The Bertz CT molecular complexity index is 480. The van der Waals surface area contributed by atoms with E-state index in [1.807, 2.05) is 0 Å². The lowest BCUT2D eigenvalue weighted by molar-refractivity contribution is 0.0467. The average Bonchev–Trinajstić information content (AvgIpc) is 2.16. The number of nitrogens with two attached hydrogens (primary N) is 1. The molecule has 4 nitrogen and oxygen atoms in total. The third-order valence-electron chi connectivity index (χ3n) is 2.95. The fraction of sp³-hybridized carbons (Fsp3) is 0.455. The van der Waals surface area contributed by atoms with Gasteiger partial charge in [0.2, 0.25) is 0 Å². The van der Waals surface area contributed by atoms with Crippen LogP contribution < -0.4 is 5.73 Å². The Balaban J connectivity index is 2.35. The van der Waals surface area contributed by atoms with E-state index in [9.17, 15) is 13.5 Å². The Labute approximate surface area is 95.0 Å². The van der Waals surface area contributed by atoms with Crippen LogP contribution in [0, 0.1) is 0 Å². The maximum atomic E-state index is 11.5. The molecule has 1 saturated heterocycles. The van der Waals surface area contributed by atoms with Gasteiger partial charge in [0.1, 0.15) is 5.60 Å². The van der Waals surface area contributed by atoms with Crippen LogP contribution in [0.4, 0.5) is 5.69 Å². The topological polar surface area (TPSA) is 80.4 Å². The summed E-state index contributed by atoms with van der Waals surface area (Å²) in [6.45, 7) is 0. The Morgan fingerprint density at radius 3 is 2.44 bits per heavy atom. The second-order valence-electron chi connectivity index (χ2n) is 4.35. The molecule has 16 heavy (non-hydrogen) atoms. The van der Waals surface area contributed by atoms with Gasteiger partial charge in [0.15, 0.2) is 9.84 Å². The molecule has 0 radical (unpaired) electrons. The maximum absolute atomic E-state index is 11.5. The molecular weight excluding hydrogens is 226 g/mol. The van der Waals surface area contributed by atoms with Crippen LogP contribution in [0.1, 0.15) is 18.4 Å². The second kappa shape index (κ2) is 3.75. The smallest absolute Gasteiger partial charge is 0.153 e. The molecule has 2 rings (SSSR count). The first-order valence-electron chi connectivity index (χ1n) is 5.20. The molecule has 0 bridgehead atoms. The van der Waals surface area contributed by atoms with Crippen molar-refractivity contribution in [2.75, 3.05) is 17.2 Å². The van der Waals surface area contributed by atoms with Gasteiger partial charge in [0.25, 0.3) is 0 Å². The normalized spacial score (nSPS) is 28.8. The van der Waals surface area contributed by atoms with Crippen LogP contribution in [-0.2, 0) is 15.4 Å². The average molecular weight is 241 g/mol. The summed E-state index contributed by atoms with van der Waals surface area (Å²) in [6.07, 6.45) is 0.985. The van der Waals surface area contributed by atoms with E-state index in [1.54, 1.807) is 24.3 Å². The summed E-state index contributed by atoms with van der Waals surface area (Å²) in [6, 6.07) is 6.73. The molecule has 1 aromatic rings. The van der Waals surface area contributed by atoms with Crippen LogP contribution in [0.5, 0.6) is 0 Å². The van der Waals surface area contributed by atoms with Gasteiger partial charge in [-0.15, -0.1) is 0 Å². The highest BCUT2D eigenvalue weighted by Crippen LogP contribution is 2.32. The molecule has 1 aliphatic heterocycles. The number of rotatable bonds is 1. The van der Waals surface area contributed by atoms with Crippen molar-refractivity contribution in [2.45, 2.75) is 18.4 Å². The molecule has 3 N–H and O–H groups in total. The SMILES string of the molecule is Nc1ccc(C2(O)CCCS(=O)(=O)C2)cc1. The molecule has 1 aliphatic rings. The summed E-state index contributed by atoms with van der Waals surface area (Å²) in [5.74, 6) is -0.0196. The number of hydrogen-bond donors (Lipinski definition) is 2. The minimum Gasteiger partial charge on any atom is -0.399 e. The van der Waals surface area contributed by atoms with Gasteiger partial charge in [-0.25, -0.2) is 8.42 Å². The van der Waals surface area contributed by atoms with Crippen molar-refractivity contribution in [1.82, 2.24) is 0 Å². The largest absolute Gasteiger partial charge is 0.399 e. The van der Waals surface area contributed by atoms with Crippen molar-refractivity contribution in [1.29, 1.82) is 0 Å². The van der Waals surface area contributed by atoms with Crippen LogP contribution in [0.2, 0.25) is 0 Å². The van der Waals surface area contributed by atoms with Gasteiger partial charge < -0.3 is 10.8 Å². The molecule has 1 aromatic carbocycles. The molecular formula is C11H15NO3S. The molecule has 1 unspecified atom stereocenters. The number of aliphatic hydroxyl groups is 1. The predicted molar refractivity (Wildman–Crippen MR) is 62.6 cm³/mol. The Morgan fingerprint density at radius 1 is 1.25 bits per heavy atom. The van der Waals surface area contributed by atoms with E-state index >= 15 is 0 Å². The van der Waals surface area contributed by atoms with Crippen LogP contribution >= 0.6 is 0 Å². The van der Waals surface area contributed by atoms with Crippen molar-refractivity contribution < 1.29 is 13.5 Å². The number of hydrogen-bond acceptors (Lipinski definition) is 4. The summed E-state index contributed by atoms with van der Waals surface area (Å²) in [5, 5.41) is 10.3. The van der Waals surface area contributed by atoms with E-state index in [1.165, 1.54) is 0 Å². The van der Waals surface area contributed by atoms with Crippen LogP contribution in [0.15, 0.2) is 24.3 Å². The Hall–Kier alpha value is -1.07. The minimum atomic E-state index is -3.13.